The van der Waals surface area contributed by atoms with E-state index in [1.165, 1.54) is 0 Å². The Morgan fingerprint density at radius 1 is 1.17 bits per heavy atom. The van der Waals surface area contributed by atoms with Crippen molar-refractivity contribution in [2.45, 2.75) is 0 Å². The first-order valence-electron chi connectivity index (χ1n) is 2.50. The van der Waals surface area contributed by atoms with Crippen LogP contribution in [-0.2, 0) is 11.4 Å². The lowest BCUT2D eigenvalue weighted by Gasteiger charge is -1.59. The maximum absolute atomic E-state index is 8.67. The van der Waals surface area contributed by atoms with Crippen molar-refractivity contribution in [2.24, 2.45) is 11.5 Å². The molecule has 0 rings (SSSR count). The van der Waals surface area contributed by atoms with Gasteiger partial charge in [-0.25, -0.2) is 0 Å². The monoisotopic (exact) mass is 194 g/mol. The molecule has 6 N–H and O–H groups in total. The molecule has 0 saturated carbocycles. The third-order valence-corrected chi connectivity index (χ3v) is 0.183. The summed E-state index contributed by atoms with van der Waals surface area (Å²) in [4.78, 5) is 0. The molecule has 12 heavy (non-hydrogen) atoms. The van der Waals surface area contributed by atoms with Crippen LogP contribution >= 0.6 is 0 Å². The normalized spacial score (nSPS) is 6.25. The van der Waals surface area contributed by atoms with Crippen molar-refractivity contribution in [1.29, 1.82) is 10.5 Å². The van der Waals surface area contributed by atoms with Gasteiger partial charge in [0.05, 0.1) is 25.2 Å². The molecule has 7 nitrogen and oxygen atoms in total. The topological polar surface area (TPSA) is 157 Å². The number of nitrogens with zero attached hydrogens (tertiary/aromatic N) is 2. The molecule has 8 heteroatoms. The predicted octanol–water partition coefficient (Wildman–Crippen LogP) is -1.38. The lowest BCUT2D eigenvalue weighted by atomic mass is 10.8. The predicted molar refractivity (Wildman–Crippen MR) is 42.7 cm³/mol. The van der Waals surface area contributed by atoms with E-state index in [9.17, 15) is 0 Å². The van der Waals surface area contributed by atoms with Gasteiger partial charge in [-0.05, 0) is 0 Å². The Morgan fingerprint density at radius 3 is 1.25 bits per heavy atom. The third-order valence-electron chi connectivity index (χ3n) is 0.183. The molecule has 0 heterocycles. The zero-order valence-corrected chi connectivity index (χ0v) is 6.99. The molecule has 0 spiro atoms. The van der Waals surface area contributed by atoms with E-state index in [0.717, 1.165) is 0 Å². The summed E-state index contributed by atoms with van der Waals surface area (Å²) in [6.07, 6.45) is 0. The van der Waals surface area contributed by atoms with Crippen LogP contribution in [0.5, 0.6) is 0 Å². The molecule has 0 aliphatic carbocycles. The van der Waals surface area contributed by atoms with E-state index in [4.69, 9.17) is 23.8 Å². The van der Waals surface area contributed by atoms with Gasteiger partial charge in [-0.2, -0.15) is 14.7 Å². The zero-order valence-electron chi connectivity index (χ0n) is 6.17. The Morgan fingerprint density at radius 2 is 1.25 bits per heavy atom. The summed E-state index contributed by atoms with van der Waals surface area (Å²) in [5.41, 5.74) is 9.33. The summed E-state index contributed by atoms with van der Waals surface area (Å²) in [7, 11) is 0. The number of hydrogen-bond donors (Lipinski definition) is 4. The average molecular weight is 194 g/mol. The highest BCUT2D eigenvalue weighted by Gasteiger charge is 1.62. The summed E-state index contributed by atoms with van der Waals surface area (Å²) < 4.78 is 22.8. The Bertz CT molecular complexity index is 154. The van der Waals surface area contributed by atoms with E-state index < -0.39 is 11.4 Å². The molecule has 0 aromatic heterocycles. The van der Waals surface area contributed by atoms with Crippen molar-refractivity contribution < 1.29 is 13.3 Å². The molecule has 0 amide bonds. The first kappa shape index (κ1) is 17.2. The quantitative estimate of drug-likeness (QED) is 0.273. The standard InChI is InChI=1S/2C2H4N2.H2O3S/c2*3-1-2-4;1-4(2)3/h2*1,3H2;(H2,1,2,3). The molecule has 0 saturated heterocycles. The van der Waals surface area contributed by atoms with E-state index in [0.29, 0.717) is 0 Å². The van der Waals surface area contributed by atoms with Crippen LogP contribution in [0.1, 0.15) is 0 Å². The summed E-state index contributed by atoms with van der Waals surface area (Å²) in [5.74, 6) is 0. The molecule has 0 bridgehead atoms. The van der Waals surface area contributed by atoms with E-state index in [-0.39, 0.29) is 13.1 Å². The van der Waals surface area contributed by atoms with E-state index in [1.807, 2.05) is 0 Å². The second-order valence-electron chi connectivity index (χ2n) is 0.955. The molecule has 0 aliphatic heterocycles. The van der Waals surface area contributed by atoms with E-state index >= 15 is 0 Å². The largest absolute Gasteiger partial charge is 0.318 e. The number of rotatable bonds is 0. The van der Waals surface area contributed by atoms with Crippen LogP contribution in [0.2, 0.25) is 0 Å². The molecule has 0 atom stereocenters. The fourth-order valence-corrected chi connectivity index (χ4v) is 0. The van der Waals surface area contributed by atoms with Gasteiger partial charge in [-0.3, -0.25) is 9.11 Å². The molecule has 0 aliphatic rings. The second-order valence-corrected chi connectivity index (χ2v) is 1.42. The molecule has 0 radical (unpaired) electrons. The van der Waals surface area contributed by atoms with Gasteiger partial charge < -0.3 is 11.5 Å². The van der Waals surface area contributed by atoms with Crippen molar-refractivity contribution in [1.82, 2.24) is 0 Å². The fourth-order valence-electron chi connectivity index (χ4n) is 0. The van der Waals surface area contributed by atoms with Gasteiger partial charge in [-0.15, -0.1) is 0 Å². The van der Waals surface area contributed by atoms with Crippen molar-refractivity contribution in [3.8, 4) is 12.1 Å². The van der Waals surface area contributed by atoms with Crippen molar-refractivity contribution >= 4 is 11.4 Å². The zero-order chi connectivity index (χ0) is 10.4. The number of nitriles is 2. The van der Waals surface area contributed by atoms with Gasteiger partial charge in [0.2, 0.25) is 0 Å². The molecule has 0 unspecified atom stereocenters. The Kier molecular flexibility index (Phi) is 32.2. The highest BCUT2D eigenvalue weighted by atomic mass is 32.2. The number of hydrogen-bond acceptors (Lipinski definition) is 5. The van der Waals surface area contributed by atoms with Crippen LogP contribution in [-0.4, -0.2) is 26.4 Å². The van der Waals surface area contributed by atoms with Crippen LogP contribution in [0.3, 0.4) is 0 Å². The van der Waals surface area contributed by atoms with Crippen LogP contribution in [0.15, 0.2) is 0 Å². The van der Waals surface area contributed by atoms with Gasteiger partial charge in [0.15, 0.2) is 0 Å². The van der Waals surface area contributed by atoms with Crippen molar-refractivity contribution in [3.63, 3.8) is 0 Å². The average Bonchev–Trinajstić information content (AvgIpc) is 2.03. The summed E-state index contributed by atoms with van der Waals surface area (Å²) in [5, 5.41) is 15.0. The van der Waals surface area contributed by atoms with Gasteiger partial charge in [0, 0.05) is 0 Å². The van der Waals surface area contributed by atoms with Crippen LogP contribution in [0.4, 0.5) is 0 Å². The fraction of sp³-hybridized carbons (Fsp3) is 0.500. The Balaban J connectivity index is -0.000000101. The molecule has 0 fully saturated rings. The third kappa shape index (κ3) is 606. The Labute approximate surface area is 72.7 Å². The first-order chi connectivity index (χ1) is 5.56. The molecule has 70 valence electrons. The summed E-state index contributed by atoms with van der Waals surface area (Å²) in [6.45, 7) is 0.250. The highest BCUT2D eigenvalue weighted by molar-refractivity contribution is 7.73. The second kappa shape index (κ2) is 22.5. The molecular weight excluding hydrogens is 184 g/mol. The van der Waals surface area contributed by atoms with Crippen molar-refractivity contribution in [3.05, 3.63) is 0 Å². The van der Waals surface area contributed by atoms with Gasteiger partial charge in [-0.1, -0.05) is 0 Å². The first-order valence-corrected chi connectivity index (χ1v) is 3.57. The molecule has 0 aromatic rings. The van der Waals surface area contributed by atoms with Gasteiger partial charge >= 0.3 is 0 Å². The molecular formula is C4H10N4O3S. The van der Waals surface area contributed by atoms with E-state index in [1.54, 1.807) is 12.1 Å². The Hall–Kier alpha value is -1.03. The number of nitrogens with two attached hydrogens (primary N) is 2. The minimum absolute atomic E-state index is 0.125. The summed E-state index contributed by atoms with van der Waals surface area (Å²) in [6, 6.07) is 3.42. The molecule has 0 aromatic carbocycles. The van der Waals surface area contributed by atoms with Gasteiger partial charge in [0.25, 0.3) is 11.4 Å². The minimum Gasteiger partial charge on any atom is -0.318 e. The smallest absolute Gasteiger partial charge is 0.299 e. The maximum atomic E-state index is 8.67. The lowest BCUT2D eigenvalue weighted by molar-refractivity contribution is 0.454. The summed E-state index contributed by atoms with van der Waals surface area (Å²) >= 11 is -2.61. The van der Waals surface area contributed by atoms with Gasteiger partial charge in [0.1, 0.15) is 0 Å². The van der Waals surface area contributed by atoms with Crippen molar-refractivity contribution in [2.75, 3.05) is 13.1 Å². The maximum Gasteiger partial charge on any atom is 0.299 e. The van der Waals surface area contributed by atoms with Crippen LogP contribution < -0.4 is 11.5 Å². The SMILES string of the molecule is N#CCN.N#CCN.O=S(O)O. The highest BCUT2D eigenvalue weighted by Crippen LogP contribution is 1.44. The lowest BCUT2D eigenvalue weighted by Crippen LogP contribution is -1.91. The minimum atomic E-state index is -2.61. The van der Waals surface area contributed by atoms with Crippen LogP contribution in [0.25, 0.3) is 0 Å². The van der Waals surface area contributed by atoms with E-state index in [2.05, 4.69) is 11.5 Å². The van der Waals surface area contributed by atoms with Crippen LogP contribution in [0, 0.1) is 22.7 Å².